The largest absolute Gasteiger partial charge is 0.491 e. The van der Waals surface area contributed by atoms with Gasteiger partial charge in [-0.2, -0.15) is 0 Å². The molecule has 0 radical (unpaired) electrons. The van der Waals surface area contributed by atoms with E-state index in [9.17, 15) is 0 Å². The average molecular weight is 367 g/mol. The van der Waals surface area contributed by atoms with Crippen molar-refractivity contribution in [1.29, 1.82) is 5.41 Å². The maximum absolute atomic E-state index is 8.56. The molecule has 142 valence electrons. The molecule has 2 heterocycles. The van der Waals surface area contributed by atoms with Gasteiger partial charge in [-0.25, -0.2) is 9.97 Å². The monoisotopic (exact) mass is 367 g/mol. The van der Waals surface area contributed by atoms with Crippen LogP contribution in [0.15, 0.2) is 35.6 Å². The quantitative estimate of drug-likeness (QED) is 0.390. The fourth-order valence-electron chi connectivity index (χ4n) is 2.84. The molecular weight excluding hydrogens is 342 g/mol. The Morgan fingerprint density at radius 3 is 2.85 bits per heavy atom. The van der Waals surface area contributed by atoms with Gasteiger partial charge in [0.25, 0.3) is 0 Å². The Morgan fingerprint density at radius 2 is 2.15 bits per heavy atom. The van der Waals surface area contributed by atoms with Crippen molar-refractivity contribution < 1.29 is 4.74 Å². The van der Waals surface area contributed by atoms with Gasteiger partial charge in [0.1, 0.15) is 17.9 Å². The summed E-state index contributed by atoms with van der Waals surface area (Å²) in [7, 11) is 1.73. The highest BCUT2D eigenvalue weighted by atomic mass is 16.5. The maximum Gasteiger partial charge on any atom is 0.132 e. The minimum Gasteiger partial charge on any atom is -0.491 e. The highest BCUT2D eigenvalue weighted by Gasteiger charge is 2.27. The number of benzene rings is 1. The van der Waals surface area contributed by atoms with E-state index >= 15 is 0 Å². The van der Waals surface area contributed by atoms with E-state index in [1.165, 1.54) is 6.33 Å². The van der Waals surface area contributed by atoms with E-state index < -0.39 is 0 Å². The molecule has 1 aromatic carbocycles. The fourth-order valence-corrected chi connectivity index (χ4v) is 2.84. The first-order valence-corrected chi connectivity index (χ1v) is 8.87. The summed E-state index contributed by atoms with van der Waals surface area (Å²) in [5.41, 5.74) is 7.98. The van der Waals surface area contributed by atoms with Crippen molar-refractivity contribution in [2.45, 2.75) is 26.0 Å². The second-order valence-electron chi connectivity index (χ2n) is 6.71. The van der Waals surface area contributed by atoms with Gasteiger partial charge in [0.05, 0.1) is 29.9 Å². The van der Waals surface area contributed by atoms with Crippen molar-refractivity contribution in [3.8, 4) is 5.75 Å². The third kappa shape index (κ3) is 4.33. The van der Waals surface area contributed by atoms with Crippen molar-refractivity contribution in [2.24, 2.45) is 4.99 Å². The van der Waals surface area contributed by atoms with Crippen LogP contribution >= 0.6 is 0 Å². The number of aromatic nitrogens is 2. The summed E-state index contributed by atoms with van der Waals surface area (Å²) in [4.78, 5) is 14.6. The number of nitrogens with two attached hydrogens (primary N) is 1. The summed E-state index contributed by atoms with van der Waals surface area (Å²) in [5, 5.41) is 11.8. The van der Waals surface area contributed by atoms with E-state index in [0.717, 1.165) is 18.9 Å². The van der Waals surface area contributed by atoms with Gasteiger partial charge in [0, 0.05) is 37.5 Å². The topological polar surface area (TPSA) is 113 Å². The molecule has 0 atom stereocenters. The molecule has 0 aliphatic carbocycles. The van der Waals surface area contributed by atoms with Gasteiger partial charge in [-0.3, -0.25) is 10.4 Å². The maximum atomic E-state index is 8.56. The lowest BCUT2D eigenvalue weighted by Gasteiger charge is -2.40. The van der Waals surface area contributed by atoms with Crippen LogP contribution in [0, 0.1) is 5.41 Å². The minimum absolute atomic E-state index is 0.0482. The van der Waals surface area contributed by atoms with Crippen molar-refractivity contribution in [1.82, 2.24) is 15.3 Å². The van der Waals surface area contributed by atoms with Crippen molar-refractivity contribution >= 4 is 23.6 Å². The number of nitrogens with zero attached hydrogens (tertiary/aromatic N) is 4. The molecule has 2 aromatic rings. The number of rotatable bonds is 7. The summed E-state index contributed by atoms with van der Waals surface area (Å²) in [6, 6.07) is 7.52. The molecule has 3 rings (SSSR count). The molecule has 1 saturated heterocycles. The molecule has 0 amide bonds. The molecule has 4 N–H and O–H groups in total. The zero-order chi connectivity index (χ0) is 19.4. The first kappa shape index (κ1) is 18.6. The van der Waals surface area contributed by atoms with Crippen LogP contribution in [0.2, 0.25) is 0 Å². The predicted molar refractivity (Wildman–Crippen MR) is 108 cm³/mol. The molecule has 0 unspecified atom stereocenters. The third-order valence-electron chi connectivity index (χ3n) is 4.22. The van der Waals surface area contributed by atoms with Gasteiger partial charge in [-0.05, 0) is 32.0 Å². The zero-order valence-corrected chi connectivity index (χ0v) is 15.8. The summed E-state index contributed by atoms with van der Waals surface area (Å²) in [5.74, 6) is 1.48. The number of hydrogen-bond acceptors (Lipinski definition) is 7. The Balaban J connectivity index is 1.76. The van der Waals surface area contributed by atoms with E-state index in [0.29, 0.717) is 28.7 Å². The van der Waals surface area contributed by atoms with Crippen molar-refractivity contribution in [2.75, 3.05) is 30.8 Å². The summed E-state index contributed by atoms with van der Waals surface area (Å²) >= 11 is 0. The van der Waals surface area contributed by atoms with Crippen molar-refractivity contribution in [3.05, 3.63) is 41.9 Å². The molecule has 1 aliphatic rings. The smallest absolute Gasteiger partial charge is 0.132 e. The number of hydrogen-bond donors (Lipinski definition) is 3. The molecule has 1 aliphatic heterocycles. The number of nitrogens with one attached hydrogen (secondary N) is 2. The number of aliphatic imine (C=N–C) groups is 1. The van der Waals surface area contributed by atoms with Crippen molar-refractivity contribution in [3.63, 3.8) is 0 Å². The number of ether oxygens (including phenoxy) is 1. The molecule has 0 spiro atoms. The van der Waals surface area contributed by atoms with Crippen LogP contribution < -0.4 is 20.7 Å². The summed E-state index contributed by atoms with van der Waals surface area (Å²) in [6.45, 7) is 5.57. The van der Waals surface area contributed by atoms with E-state index in [4.69, 9.17) is 15.9 Å². The first-order chi connectivity index (χ1) is 13.0. The molecule has 8 nitrogen and oxygen atoms in total. The van der Waals surface area contributed by atoms with Crippen LogP contribution in [0.25, 0.3) is 0 Å². The number of nitrogen functional groups attached to an aromatic ring is 1. The number of anilines is 2. The molecule has 1 aromatic heterocycles. The van der Waals surface area contributed by atoms with Gasteiger partial charge >= 0.3 is 0 Å². The van der Waals surface area contributed by atoms with Crippen LogP contribution in [0.1, 0.15) is 25.1 Å². The summed E-state index contributed by atoms with van der Waals surface area (Å²) in [6.07, 6.45) is 3.24. The lowest BCUT2D eigenvalue weighted by atomic mass is 10.0. The Bertz CT molecular complexity index is 844. The van der Waals surface area contributed by atoms with Gasteiger partial charge in [0.2, 0.25) is 0 Å². The molecule has 0 bridgehead atoms. The Kier molecular flexibility index (Phi) is 5.54. The SMILES string of the molecule is CN=CNC1CN(c2cc(C(=N)c3cc(OC(C)C)ccc3N)ncn2)C1. The van der Waals surface area contributed by atoms with E-state index in [1.807, 2.05) is 26.0 Å². The Morgan fingerprint density at radius 1 is 1.37 bits per heavy atom. The van der Waals surface area contributed by atoms with Crippen LogP contribution in [0.5, 0.6) is 5.75 Å². The third-order valence-corrected chi connectivity index (χ3v) is 4.22. The van der Waals surface area contributed by atoms with Gasteiger partial charge in [0.15, 0.2) is 0 Å². The van der Waals surface area contributed by atoms with Gasteiger partial charge < -0.3 is 20.7 Å². The Labute approximate surface area is 159 Å². The molecular formula is C19H25N7O. The lowest BCUT2D eigenvalue weighted by Crippen LogP contribution is -2.58. The summed E-state index contributed by atoms with van der Waals surface area (Å²) < 4.78 is 5.72. The molecule has 0 saturated carbocycles. The minimum atomic E-state index is 0.0482. The van der Waals surface area contributed by atoms with Crippen LogP contribution in [-0.4, -0.2) is 54.3 Å². The molecule has 8 heteroatoms. The second-order valence-corrected chi connectivity index (χ2v) is 6.71. The lowest BCUT2D eigenvalue weighted by molar-refractivity contribution is 0.242. The second kappa shape index (κ2) is 8.03. The van der Waals surface area contributed by atoms with E-state index in [-0.39, 0.29) is 11.8 Å². The normalized spacial score (nSPS) is 14.4. The predicted octanol–water partition coefficient (Wildman–Crippen LogP) is 1.70. The molecule has 27 heavy (non-hydrogen) atoms. The van der Waals surface area contributed by atoms with Crippen LogP contribution in [-0.2, 0) is 0 Å². The highest BCUT2D eigenvalue weighted by molar-refractivity contribution is 6.13. The standard InChI is InChI=1S/C19H25N7O/c1-12(2)27-14-4-5-16(20)15(6-14)19(21)17-7-18(25-11-24-17)26-8-13(9-26)23-10-22-3/h4-7,10-13,21H,8-9,20H2,1-3H3,(H,22,23). The Hall–Kier alpha value is -3.16. The average Bonchev–Trinajstić information content (AvgIpc) is 2.61. The first-order valence-electron chi connectivity index (χ1n) is 8.87. The zero-order valence-electron chi connectivity index (χ0n) is 15.8. The van der Waals surface area contributed by atoms with Crippen LogP contribution in [0.4, 0.5) is 11.5 Å². The molecule has 1 fully saturated rings. The van der Waals surface area contributed by atoms with Crippen LogP contribution in [0.3, 0.4) is 0 Å². The van der Waals surface area contributed by atoms with E-state index in [1.54, 1.807) is 25.5 Å². The van der Waals surface area contributed by atoms with Gasteiger partial charge in [-0.15, -0.1) is 0 Å². The fraction of sp³-hybridized carbons (Fsp3) is 0.368. The highest BCUT2D eigenvalue weighted by Crippen LogP contribution is 2.24. The van der Waals surface area contributed by atoms with Gasteiger partial charge in [-0.1, -0.05) is 0 Å². The van der Waals surface area contributed by atoms with E-state index in [2.05, 4.69) is 25.2 Å².